The van der Waals surface area contributed by atoms with Gasteiger partial charge in [-0.2, -0.15) is 0 Å². The molecule has 0 bridgehead atoms. The van der Waals surface area contributed by atoms with Crippen molar-refractivity contribution >= 4 is 12.1 Å². The lowest BCUT2D eigenvalue weighted by Crippen LogP contribution is -2.56. The van der Waals surface area contributed by atoms with Crippen molar-refractivity contribution in [3.05, 3.63) is 59.7 Å². The van der Waals surface area contributed by atoms with Crippen molar-refractivity contribution in [2.75, 3.05) is 19.8 Å². The van der Waals surface area contributed by atoms with Crippen molar-refractivity contribution in [3.8, 4) is 11.1 Å². The number of carbonyl (C=O) groups is 2. The van der Waals surface area contributed by atoms with Crippen LogP contribution in [0.5, 0.6) is 0 Å². The van der Waals surface area contributed by atoms with Gasteiger partial charge >= 0.3 is 12.1 Å². The van der Waals surface area contributed by atoms with Gasteiger partial charge in [-0.1, -0.05) is 48.5 Å². The highest BCUT2D eigenvalue weighted by Crippen LogP contribution is 2.44. The van der Waals surface area contributed by atoms with E-state index in [2.05, 4.69) is 5.32 Å². The van der Waals surface area contributed by atoms with E-state index in [-0.39, 0.29) is 25.7 Å². The molecule has 1 heterocycles. The van der Waals surface area contributed by atoms with Crippen LogP contribution in [0, 0.1) is 0 Å². The summed E-state index contributed by atoms with van der Waals surface area (Å²) in [6.45, 7) is 2.13. The molecule has 1 fully saturated rings. The van der Waals surface area contributed by atoms with Gasteiger partial charge in [0.25, 0.3) is 0 Å². The van der Waals surface area contributed by atoms with E-state index in [1.54, 1.807) is 0 Å². The summed E-state index contributed by atoms with van der Waals surface area (Å²) in [7, 11) is 0. The largest absolute Gasteiger partial charge is 0.480 e. The van der Waals surface area contributed by atoms with Gasteiger partial charge in [0.2, 0.25) is 0 Å². The minimum Gasteiger partial charge on any atom is -0.480 e. The quantitative estimate of drug-likeness (QED) is 0.825. The maximum atomic E-state index is 12.3. The lowest BCUT2D eigenvalue weighted by Gasteiger charge is -2.29. The zero-order valence-corrected chi connectivity index (χ0v) is 15.4. The Labute approximate surface area is 162 Å². The third kappa shape index (κ3) is 3.23. The highest BCUT2D eigenvalue weighted by molar-refractivity contribution is 5.81. The average Bonchev–Trinajstić information content (AvgIpc) is 3.27. The lowest BCUT2D eigenvalue weighted by molar-refractivity contribution is -0.182. The summed E-state index contributed by atoms with van der Waals surface area (Å²) in [5.41, 5.74) is 4.41. The second-order valence-electron chi connectivity index (χ2n) is 6.95. The lowest BCUT2D eigenvalue weighted by atomic mass is 9.98. The van der Waals surface area contributed by atoms with Gasteiger partial charge in [0.05, 0.1) is 13.2 Å². The summed E-state index contributed by atoms with van der Waals surface area (Å²) in [4.78, 5) is 23.9. The molecule has 0 aromatic heterocycles. The van der Waals surface area contributed by atoms with Crippen LogP contribution in [0.1, 0.15) is 24.0 Å². The van der Waals surface area contributed by atoms with Crippen LogP contribution in [0.3, 0.4) is 0 Å². The van der Waals surface area contributed by atoms with Crippen LogP contribution in [-0.4, -0.2) is 48.8 Å². The van der Waals surface area contributed by atoms with Crippen molar-refractivity contribution < 1.29 is 28.9 Å². The highest BCUT2D eigenvalue weighted by atomic mass is 16.7. The minimum absolute atomic E-state index is 0.101. The summed E-state index contributed by atoms with van der Waals surface area (Å²) in [5, 5.41) is 11.8. The number of alkyl carbamates (subject to hydrolysis) is 1. The van der Waals surface area contributed by atoms with Crippen molar-refractivity contribution in [3.63, 3.8) is 0 Å². The molecule has 2 aliphatic rings. The maximum absolute atomic E-state index is 12.3. The molecule has 1 amide bonds. The van der Waals surface area contributed by atoms with E-state index >= 15 is 0 Å². The number of rotatable bonds is 5. The Balaban J connectivity index is 1.47. The van der Waals surface area contributed by atoms with Crippen LogP contribution in [0.15, 0.2) is 48.5 Å². The SMILES string of the molecule is CC1([C@H](NC(=O)OCC2c3ccccc3-c3ccccc32)C(=O)O)OCCO1. The summed E-state index contributed by atoms with van der Waals surface area (Å²) in [6, 6.07) is 14.6. The van der Waals surface area contributed by atoms with Gasteiger partial charge in [0, 0.05) is 5.92 Å². The first kappa shape index (κ1) is 18.5. The van der Waals surface area contributed by atoms with Gasteiger partial charge in [-0.05, 0) is 29.2 Å². The molecule has 7 heteroatoms. The second kappa shape index (κ2) is 7.26. The predicted octanol–water partition coefficient (Wildman–Crippen LogP) is 2.74. The Bertz CT molecular complexity index is 860. The van der Waals surface area contributed by atoms with Crippen molar-refractivity contribution in [1.29, 1.82) is 0 Å². The number of benzene rings is 2. The molecule has 0 saturated carbocycles. The van der Waals surface area contributed by atoms with Crippen molar-refractivity contribution in [2.24, 2.45) is 0 Å². The van der Waals surface area contributed by atoms with E-state index in [0.717, 1.165) is 22.3 Å². The minimum atomic E-state index is -1.42. The van der Waals surface area contributed by atoms with E-state index in [4.69, 9.17) is 14.2 Å². The van der Waals surface area contributed by atoms with Crippen LogP contribution in [-0.2, 0) is 19.0 Å². The number of amides is 1. The molecule has 0 spiro atoms. The topological polar surface area (TPSA) is 94.1 Å². The summed E-state index contributed by atoms with van der Waals surface area (Å²) in [5.74, 6) is -2.77. The Morgan fingerprint density at radius 1 is 1.11 bits per heavy atom. The number of aliphatic carboxylic acids is 1. The molecule has 2 aromatic carbocycles. The number of ether oxygens (including phenoxy) is 3. The Morgan fingerprint density at radius 2 is 1.64 bits per heavy atom. The maximum Gasteiger partial charge on any atom is 0.408 e. The Hall–Kier alpha value is -2.90. The van der Waals surface area contributed by atoms with E-state index < -0.39 is 23.9 Å². The molecule has 146 valence electrons. The number of hydrogen-bond acceptors (Lipinski definition) is 5. The standard InChI is InChI=1S/C21H21NO6/c1-21(27-10-11-28-21)18(19(23)24)22-20(25)26-12-17-15-8-4-2-6-13(15)14-7-3-5-9-16(14)17/h2-9,17-18H,10-12H2,1H3,(H,22,25)(H,23,24)/t18-/m1/s1. The molecule has 2 aromatic rings. The van der Waals surface area contributed by atoms with Crippen LogP contribution in [0.2, 0.25) is 0 Å². The summed E-state index contributed by atoms with van der Waals surface area (Å²) >= 11 is 0. The van der Waals surface area contributed by atoms with Gasteiger partial charge in [-0.3, -0.25) is 0 Å². The third-order valence-electron chi connectivity index (χ3n) is 5.24. The number of carboxylic acids is 1. The monoisotopic (exact) mass is 383 g/mol. The molecule has 1 atom stereocenters. The second-order valence-corrected chi connectivity index (χ2v) is 6.95. The van der Waals surface area contributed by atoms with E-state index in [1.807, 2.05) is 48.5 Å². The molecular weight excluding hydrogens is 362 g/mol. The Morgan fingerprint density at radius 3 is 2.18 bits per heavy atom. The molecule has 7 nitrogen and oxygen atoms in total. The molecule has 1 saturated heterocycles. The highest BCUT2D eigenvalue weighted by Gasteiger charge is 2.46. The number of fused-ring (bicyclic) bond motifs is 3. The normalized spacial score (nSPS) is 18.2. The van der Waals surface area contributed by atoms with Crippen LogP contribution < -0.4 is 5.32 Å². The molecule has 0 unspecified atom stereocenters. The fraction of sp³-hybridized carbons (Fsp3) is 0.333. The van der Waals surface area contributed by atoms with Gasteiger partial charge in [-0.25, -0.2) is 9.59 Å². The number of carbonyl (C=O) groups excluding carboxylic acids is 1. The van der Waals surface area contributed by atoms with Gasteiger partial charge < -0.3 is 24.6 Å². The van der Waals surface area contributed by atoms with Crippen LogP contribution in [0.25, 0.3) is 11.1 Å². The molecule has 1 aliphatic heterocycles. The van der Waals surface area contributed by atoms with Gasteiger partial charge in [0.1, 0.15) is 6.61 Å². The van der Waals surface area contributed by atoms with E-state index in [1.165, 1.54) is 6.92 Å². The first-order chi connectivity index (χ1) is 13.5. The summed E-state index contributed by atoms with van der Waals surface area (Å²) < 4.78 is 16.1. The van der Waals surface area contributed by atoms with Crippen molar-refractivity contribution in [2.45, 2.75) is 24.7 Å². The molecule has 28 heavy (non-hydrogen) atoms. The molecule has 0 radical (unpaired) electrons. The summed E-state index contributed by atoms with van der Waals surface area (Å²) in [6.07, 6.45) is -0.824. The smallest absolute Gasteiger partial charge is 0.408 e. The van der Waals surface area contributed by atoms with Gasteiger partial charge in [0.15, 0.2) is 11.8 Å². The molecule has 4 rings (SSSR count). The van der Waals surface area contributed by atoms with Gasteiger partial charge in [-0.15, -0.1) is 0 Å². The predicted molar refractivity (Wildman–Crippen MR) is 99.9 cm³/mol. The van der Waals surface area contributed by atoms with Crippen molar-refractivity contribution in [1.82, 2.24) is 5.32 Å². The molecular formula is C21H21NO6. The average molecular weight is 383 g/mol. The number of carboxylic acid groups (broad SMARTS) is 1. The van der Waals surface area contributed by atoms with Crippen LogP contribution >= 0.6 is 0 Å². The zero-order valence-electron chi connectivity index (χ0n) is 15.4. The van der Waals surface area contributed by atoms with E-state index in [0.29, 0.717) is 0 Å². The first-order valence-corrected chi connectivity index (χ1v) is 9.12. The fourth-order valence-electron chi connectivity index (χ4n) is 3.87. The zero-order chi connectivity index (χ0) is 19.7. The van der Waals surface area contributed by atoms with E-state index in [9.17, 15) is 14.7 Å². The number of nitrogens with one attached hydrogen (secondary N) is 1. The van der Waals surface area contributed by atoms with Crippen LogP contribution in [0.4, 0.5) is 4.79 Å². The molecule has 1 aliphatic carbocycles. The Kier molecular flexibility index (Phi) is 4.78. The third-order valence-corrected chi connectivity index (χ3v) is 5.24. The number of hydrogen-bond donors (Lipinski definition) is 2. The molecule has 2 N–H and O–H groups in total. The first-order valence-electron chi connectivity index (χ1n) is 9.12. The fourth-order valence-corrected chi connectivity index (χ4v) is 3.87.